The first-order chi connectivity index (χ1) is 12.4. The number of rotatable bonds is 4. The Bertz CT molecular complexity index is 859. The topological polar surface area (TPSA) is 119 Å². The van der Waals surface area contributed by atoms with Gasteiger partial charge in [-0.1, -0.05) is 0 Å². The number of carboxylic acid groups (broad SMARTS) is 1. The van der Waals surface area contributed by atoms with Crippen LogP contribution in [0, 0.1) is 16.0 Å². The fraction of sp³-hybridized carbons (Fsp3) is 0.353. The molecule has 136 valence electrons. The van der Waals surface area contributed by atoms with Gasteiger partial charge in [-0.3, -0.25) is 24.4 Å². The lowest BCUT2D eigenvalue weighted by Gasteiger charge is -2.30. The van der Waals surface area contributed by atoms with Crippen molar-refractivity contribution in [2.24, 2.45) is 13.0 Å². The van der Waals surface area contributed by atoms with E-state index >= 15 is 0 Å². The van der Waals surface area contributed by atoms with E-state index in [9.17, 15) is 24.8 Å². The largest absolute Gasteiger partial charge is 0.481 e. The van der Waals surface area contributed by atoms with Crippen LogP contribution in [0.3, 0.4) is 0 Å². The second kappa shape index (κ2) is 6.95. The van der Waals surface area contributed by atoms with E-state index in [1.54, 1.807) is 25.4 Å². The van der Waals surface area contributed by atoms with Crippen LogP contribution in [0.4, 0.5) is 5.69 Å². The Morgan fingerprint density at radius 1 is 1.31 bits per heavy atom. The minimum Gasteiger partial charge on any atom is -0.481 e. The molecule has 0 radical (unpaired) electrons. The van der Waals surface area contributed by atoms with E-state index in [-0.39, 0.29) is 18.1 Å². The zero-order valence-electron chi connectivity index (χ0n) is 14.2. The Hall–Kier alpha value is -3.23. The molecule has 1 aliphatic rings. The summed E-state index contributed by atoms with van der Waals surface area (Å²) in [6.45, 7) is 0.667. The van der Waals surface area contributed by atoms with Crippen LogP contribution in [0.5, 0.6) is 0 Å². The zero-order chi connectivity index (χ0) is 18.8. The molecule has 9 heteroatoms. The van der Waals surface area contributed by atoms with Gasteiger partial charge in [-0.25, -0.2) is 0 Å². The van der Waals surface area contributed by atoms with Crippen molar-refractivity contribution in [1.82, 2.24) is 14.7 Å². The number of amides is 1. The van der Waals surface area contributed by atoms with Crippen LogP contribution < -0.4 is 0 Å². The summed E-state index contributed by atoms with van der Waals surface area (Å²) >= 11 is 0. The Balaban J connectivity index is 1.90. The minimum absolute atomic E-state index is 0.0436. The van der Waals surface area contributed by atoms with Crippen LogP contribution in [0.25, 0.3) is 11.3 Å². The van der Waals surface area contributed by atoms with Gasteiger partial charge in [-0.15, -0.1) is 0 Å². The van der Waals surface area contributed by atoms with Crippen LogP contribution in [-0.2, 0) is 11.8 Å². The van der Waals surface area contributed by atoms with Gasteiger partial charge in [-0.2, -0.15) is 5.10 Å². The average molecular weight is 358 g/mol. The lowest BCUT2D eigenvalue weighted by atomic mass is 9.97. The van der Waals surface area contributed by atoms with Gasteiger partial charge in [0.15, 0.2) is 0 Å². The lowest BCUT2D eigenvalue weighted by molar-refractivity contribution is -0.384. The molecular weight excluding hydrogens is 340 g/mol. The molecule has 1 amide bonds. The van der Waals surface area contributed by atoms with Gasteiger partial charge in [0.05, 0.1) is 16.4 Å². The highest BCUT2D eigenvalue weighted by Gasteiger charge is 2.30. The first-order valence-electron chi connectivity index (χ1n) is 8.17. The van der Waals surface area contributed by atoms with Crippen LogP contribution in [0.2, 0.25) is 0 Å². The number of nitro benzene ring substituents is 1. The number of carbonyl (C=O) groups is 2. The summed E-state index contributed by atoms with van der Waals surface area (Å²) in [6, 6.07) is 5.82. The summed E-state index contributed by atoms with van der Waals surface area (Å²) in [7, 11) is 1.68. The van der Waals surface area contributed by atoms with Crippen molar-refractivity contribution in [2.45, 2.75) is 12.8 Å². The van der Waals surface area contributed by atoms with Gasteiger partial charge >= 0.3 is 5.97 Å². The molecule has 1 saturated heterocycles. The number of aryl methyl sites for hydroxylation is 1. The molecule has 1 atom stereocenters. The number of carbonyl (C=O) groups excluding carboxylic acids is 1. The normalized spacial score (nSPS) is 17.1. The minimum atomic E-state index is -0.899. The average Bonchev–Trinajstić information content (AvgIpc) is 3.03. The van der Waals surface area contributed by atoms with Gasteiger partial charge in [0.25, 0.3) is 11.6 Å². The lowest BCUT2D eigenvalue weighted by Crippen LogP contribution is -2.42. The zero-order valence-corrected chi connectivity index (χ0v) is 14.2. The maximum atomic E-state index is 12.9. The Labute approximate surface area is 149 Å². The van der Waals surface area contributed by atoms with E-state index in [0.29, 0.717) is 36.2 Å². The predicted octanol–water partition coefficient (Wildman–Crippen LogP) is 1.93. The van der Waals surface area contributed by atoms with Crippen molar-refractivity contribution in [3.8, 4) is 11.3 Å². The van der Waals surface area contributed by atoms with Gasteiger partial charge in [0.2, 0.25) is 0 Å². The van der Waals surface area contributed by atoms with E-state index < -0.39 is 16.8 Å². The number of hydrogen-bond donors (Lipinski definition) is 1. The Morgan fingerprint density at radius 3 is 2.62 bits per heavy atom. The second-order valence-corrected chi connectivity index (χ2v) is 6.30. The SMILES string of the molecule is Cn1cc(C(=O)N2CCCC(C(=O)O)C2)c(-c2ccc([N+](=O)[O-])cc2)n1. The van der Waals surface area contributed by atoms with Crippen molar-refractivity contribution in [3.05, 3.63) is 46.1 Å². The molecule has 2 aromatic rings. The molecule has 0 bridgehead atoms. The standard InChI is InChI=1S/C17H18N4O5/c1-19-10-14(16(22)20-8-2-3-12(9-20)17(23)24)15(18-19)11-4-6-13(7-5-11)21(25)26/h4-7,10,12H,2-3,8-9H2,1H3,(H,23,24). The molecule has 0 spiro atoms. The number of aromatic nitrogens is 2. The van der Waals surface area contributed by atoms with E-state index in [1.165, 1.54) is 21.7 Å². The third-order valence-corrected chi connectivity index (χ3v) is 4.47. The number of piperidine rings is 1. The van der Waals surface area contributed by atoms with E-state index in [4.69, 9.17) is 0 Å². The Kier molecular flexibility index (Phi) is 4.70. The highest BCUT2D eigenvalue weighted by molar-refractivity contribution is 6.00. The first-order valence-corrected chi connectivity index (χ1v) is 8.17. The van der Waals surface area contributed by atoms with Crippen molar-refractivity contribution in [1.29, 1.82) is 0 Å². The van der Waals surface area contributed by atoms with Crippen LogP contribution in [0.1, 0.15) is 23.2 Å². The molecule has 1 aromatic heterocycles. The highest BCUT2D eigenvalue weighted by Crippen LogP contribution is 2.27. The molecule has 1 fully saturated rings. The number of likely N-dealkylation sites (tertiary alicyclic amines) is 1. The maximum Gasteiger partial charge on any atom is 0.308 e. The van der Waals surface area contributed by atoms with E-state index in [0.717, 1.165) is 0 Å². The summed E-state index contributed by atoms with van der Waals surface area (Å²) in [4.78, 5) is 36.0. The third kappa shape index (κ3) is 3.41. The van der Waals surface area contributed by atoms with Gasteiger partial charge in [0.1, 0.15) is 5.69 Å². The second-order valence-electron chi connectivity index (χ2n) is 6.30. The van der Waals surface area contributed by atoms with Crippen LogP contribution in [0.15, 0.2) is 30.5 Å². The van der Waals surface area contributed by atoms with Crippen molar-refractivity contribution in [3.63, 3.8) is 0 Å². The molecule has 0 saturated carbocycles. The highest BCUT2D eigenvalue weighted by atomic mass is 16.6. The number of carboxylic acids is 1. The molecule has 1 aromatic carbocycles. The molecule has 2 heterocycles. The quantitative estimate of drug-likeness (QED) is 0.659. The third-order valence-electron chi connectivity index (χ3n) is 4.47. The monoisotopic (exact) mass is 358 g/mol. The smallest absolute Gasteiger partial charge is 0.308 e. The summed E-state index contributed by atoms with van der Waals surface area (Å²) in [5.41, 5.74) is 1.32. The molecule has 3 rings (SSSR count). The van der Waals surface area contributed by atoms with Crippen LogP contribution >= 0.6 is 0 Å². The van der Waals surface area contributed by atoms with Crippen LogP contribution in [-0.4, -0.2) is 49.7 Å². The van der Waals surface area contributed by atoms with Gasteiger partial charge < -0.3 is 10.0 Å². The molecule has 0 aliphatic carbocycles. The predicted molar refractivity (Wildman–Crippen MR) is 91.6 cm³/mol. The van der Waals surface area contributed by atoms with E-state index in [2.05, 4.69) is 5.10 Å². The fourth-order valence-corrected chi connectivity index (χ4v) is 3.13. The summed E-state index contributed by atoms with van der Waals surface area (Å²) in [5.74, 6) is -1.74. The van der Waals surface area contributed by atoms with E-state index in [1.807, 2.05) is 0 Å². The molecule has 1 aliphatic heterocycles. The number of nitrogens with zero attached hydrogens (tertiary/aromatic N) is 4. The number of hydrogen-bond acceptors (Lipinski definition) is 5. The van der Waals surface area contributed by atoms with Crippen molar-refractivity contribution in [2.75, 3.05) is 13.1 Å². The molecule has 1 N–H and O–H groups in total. The summed E-state index contributed by atoms with van der Waals surface area (Å²) in [5, 5.41) is 24.3. The molecule has 26 heavy (non-hydrogen) atoms. The molecular formula is C17H18N4O5. The fourth-order valence-electron chi connectivity index (χ4n) is 3.13. The van der Waals surface area contributed by atoms with Crippen molar-refractivity contribution >= 4 is 17.6 Å². The van der Waals surface area contributed by atoms with Gasteiger partial charge in [-0.05, 0) is 25.0 Å². The molecule has 1 unspecified atom stereocenters. The number of non-ortho nitro benzene ring substituents is 1. The summed E-state index contributed by atoms with van der Waals surface area (Å²) < 4.78 is 1.50. The Morgan fingerprint density at radius 2 is 2.00 bits per heavy atom. The molecule has 9 nitrogen and oxygen atoms in total. The number of aliphatic carboxylic acids is 1. The maximum absolute atomic E-state index is 12.9. The first kappa shape index (κ1) is 17.6. The van der Waals surface area contributed by atoms with Crippen molar-refractivity contribution < 1.29 is 19.6 Å². The van der Waals surface area contributed by atoms with Gasteiger partial charge in [0, 0.05) is 44.0 Å². The number of nitro groups is 1. The summed E-state index contributed by atoms with van der Waals surface area (Å²) in [6.07, 6.45) is 2.78. The number of benzene rings is 1.